The summed E-state index contributed by atoms with van der Waals surface area (Å²) in [6, 6.07) is 0. The standard InChI is InChI=1S/C8H20N.H2O4S/c1-5-9(6-2,7-3)8-4;1-5(2,3)4/h5-8H2,1-4H3;(H2,1,2,3,4)/q+1;/p-2. The molecule has 0 rings (SSSR count). The molecular weight excluding hydrogens is 206 g/mol. The van der Waals surface area contributed by atoms with Gasteiger partial charge in [-0.2, -0.15) is 0 Å². The van der Waals surface area contributed by atoms with Crippen LogP contribution in [0.3, 0.4) is 0 Å². The summed E-state index contributed by atoms with van der Waals surface area (Å²) in [5, 5.41) is 0. The van der Waals surface area contributed by atoms with Crippen molar-refractivity contribution < 1.29 is 22.0 Å². The van der Waals surface area contributed by atoms with E-state index in [4.69, 9.17) is 17.5 Å². The molecule has 0 heterocycles. The lowest BCUT2D eigenvalue weighted by Gasteiger charge is -2.34. The molecule has 0 aliphatic carbocycles. The molecule has 0 atom stereocenters. The van der Waals surface area contributed by atoms with Gasteiger partial charge in [0.1, 0.15) is 0 Å². The second-order valence-electron chi connectivity index (χ2n) is 3.01. The van der Waals surface area contributed by atoms with E-state index >= 15 is 0 Å². The summed E-state index contributed by atoms with van der Waals surface area (Å²) in [6.45, 7) is 14.2. The van der Waals surface area contributed by atoms with Crippen LogP contribution in [0.15, 0.2) is 0 Å². The van der Waals surface area contributed by atoms with Crippen molar-refractivity contribution >= 4 is 10.4 Å². The van der Waals surface area contributed by atoms with Crippen molar-refractivity contribution in [3.63, 3.8) is 0 Å². The third-order valence-corrected chi connectivity index (χ3v) is 2.68. The van der Waals surface area contributed by atoms with E-state index in [0.29, 0.717) is 0 Å². The molecule has 0 aliphatic rings. The molecule has 0 aromatic rings. The Labute approximate surface area is 86.9 Å². The zero-order chi connectivity index (χ0) is 11.8. The Bertz CT molecular complexity index is 196. The molecule has 0 bridgehead atoms. The second kappa shape index (κ2) is 7.17. The summed E-state index contributed by atoms with van der Waals surface area (Å²) in [7, 11) is -5.17. The van der Waals surface area contributed by atoms with Crippen molar-refractivity contribution in [2.24, 2.45) is 0 Å². The van der Waals surface area contributed by atoms with Crippen molar-refractivity contribution in [3.8, 4) is 0 Å². The molecule has 0 unspecified atom stereocenters. The average molecular weight is 226 g/mol. The van der Waals surface area contributed by atoms with Crippen LogP contribution in [0.5, 0.6) is 0 Å². The lowest BCUT2D eigenvalue weighted by molar-refractivity contribution is -0.921. The Kier molecular flexibility index (Phi) is 8.33. The summed E-state index contributed by atoms with van der Waals surface area (Å²) >= 11 is 0. The van der Waals surface area contributed by atoms with Crippen molar-refractivity contribution in [1.82, 2.24) is 0 Å². The highest BCUT2D eigenvalue weighted by Gasteiger charge is 2.16. The Morgan fingerprint density at radius 1 is 0.857 bits per heavy atom. The topological polar surface area (TPSA) is 80.3 Å². The summed E-state index contributed by atoms with van der Waals surface area (Å²) < 4.78 is 35.4. The highest BCUT2D eigenvalue weighted by molar-refractivity contribution is 7.79. The molecule has 0 aromatic carbocycles. The smallest absolute Gasteiger partial charge is 0.0757 e. The summed E-state index contributed by atoms with van der Waals surface area (Å²) in [5.41, 5.74) is 0. The molecule has 0 spiro atoms. The van der Waals surface area contributed by atoms with Gasteiger partial charge in [-0.1, -0.05) is 0 Å². The summed E-state index contributed by atoms with van der Waals surface area (Å²) in [4.78, 5) is 0. The Morgan fingerprint density at radius 3 is 1.00 bits per heavy atom. The van der Waals surface area contributed by atoms with Crippen LogP contribution in [-0.4, -0.2) is 48.2 Å². The molecule has 0 aliphatic heterocycles. The van der Waals surface area contributed by atoms with E-state index in [1.54, 1.807) is 0 Å². The largest absolute Gasteiger partial charge is 0.759 e. The molecule has 0 amide bonds. The monoisotopic (exact) mass is 226 g/mol. The molecule has 14 heavy (non-hydrogen) atoms. The summed E-state index contributed by atoms with van der Waals surface area (Å²) in [6.07, 6.45) is 0. The first kappa shape index (κ1) is 16.3. The van der Waals surface area contributed by atoms with Gasteiger partial charge in [-0.3, -0.25) is 8.42 Å². The summed E-state index contributed by atoms with van der Waals surface area (Å²) in [5.74, 6) is 0. The van der Waals surface area contributed by atoms with E-state index < -0.39 is 10.4 Å². The molecular formula is C8H20NO4S-. The minimum Gasteiger partial charge on any atom is -0.759 e. The third-order valence-electron chi connectivity index (χ3n) is 2.68. The van der Waals surface area contributed by atoms with Crippen molar-refractivity contribution in [3.05, 3.63) is 0 Å². The van der Waals surface area contributed by atoms with E-state index in [1.165, 1.54) is 30.7 Å². The molecule has 0 aromatic heterocycles. The van der Waals surface area contributed by atoms with Gasteiger partial charge in [0.15, 0.2) is 0 Å². The number of hydrogen-bond acceptors (Lipinski definition) is 4. The predicted octanol–water partition coefficient (Wildman–Crippen LogP) is 0.545. The maximum atomic E-state index is 8.52. The highest BCUT2D eigenvalue weighted by Crippen LogP contribution is 2.03. The first-order chi connectivity index (χ1) is 6.24. The van der Waals surface area contributed by atoms with Crippen LogP contribution < -0.4 is 0 Å². The van der Waals surface area contributed by atoms with Crippen LogP contribution in [0.2, 0.25) is 0 Å². The van der Waals surface area contributed by atoms with Crippen LogP contribution in [0, 0.1) is 0 Å². The van der Waals surface area contributed by atoms with E-state index in [0.717, 1.165) is 0 Å². The zero-order valence-corrected chi connectivity index (χ0v) is 10.1. The number of quaternary nitrogens is 1. The SMILES string of the molecule is CC[N+](CC)(CC)CC.O=S(=O)([O-])[O-]. The quantitative estimate of drug-likeness (QED) is 0.398. The van der Waals surface area contributed by atoms with Gasteiger partial charge >= 0.3 is 0 Å². The molecule has 88 valence electrons. The fourth-order valence-electron chi connectivity index (χ4n) is 1.34. The molecule has 0 saturated carbocycles. The first-order valence-electron chi connectivity index (χ1n) is 4.76. The van der Waals surface area contributed by atoms with Crippen molar-refractivity contribution in [2.45, 2.75) is 27.7 Å². The average Bonchev–Trinajstić information content (AvgIpc) is 2.07. The van der Waals surface area contributed by atoms with E-state index in [-0.39, 0.29) is 0 Å². The normalized spacial score (nSPS) is 11.9. The molecule has 0 N–H and O–H groups in total. The maximum absolute atomic E-state index is 8.52. The molecule has 5 nitrogen and oxygen atoms in total. The van der Waals surface area contributed by atoms with Gasteiger partial charge in [0.2, 0.25) is 0 Å². The van der Waals surface area contributed by atoms with Crippen molar-refractivity contribution in [1.29, 1.82) is 0 Å². The van der Waals surface area contributed by atoms with Gasteiger partial charge in [-0.05, 0) is 27.7 Å². The van der Waals surface area contributed by atoms with Crippen molar-refractivity contribution in [2.75, 3.05) is 26.2 Å². The fraction of sp³-hybridized carbons (Fsp3) is 1.00. The van der Waals surface area contributed by atoms with Crippen LogP contribution >= 0.6 is 0 Å². The number of rotatable bonds is 4. The minimum atomic E-state index is -5.17. The lowest BCUT2D eigenvalue weighted by Crippen LogP contribution is -2.47. The number of nitrogens with zero attached hydrogens (tertiary/aromatic N) is 1. The zero-order valence-electron chi connectivity index (χ0n) is 9.32. The van der Waals surface area contributed by atoms with Gasteiger partial charge < -0.3 is 13.6 Å². The Balaban J connectivity index is 0. The van der Waals surface area contributed by atoms with E-state index in [2.05, 4.69) is 27.7 Å². The highest BCUT2D eigenvalue weighted by atomic mass is 32.3. The third kappa shape index (κ3) is 9.91. The van der Waals surface area contributed by atoms with Crippen LogP contribution in [0.4, 0.5) is 0 Å². The molecule has 0 fully saturated rings. The minimum absolute atomic E-state index is 1.28. The predicted molar refractivity (Wildman–Crippen MR) is 52.9 cm³/mol. The van der Waals surface area contributed by atoms with Gasteiger partial charge in [0.25, 0.3) is 0 Å². The maximum Gasteiger partial charge on any atom is 0.0757 e. The Morgan fingerprint density at radius 2 is 1.00 bits per heavy atom. The first-order valence-corrected chi connectivity index (χ1v) is 6.09. The van der Waals surface area contributed by atoms with Crippen LogP contribution in [0.25, 0.3) is 0 Å². The van der Waals surface area contributed by atoms with Gasteiger partial charge in [-0.25, -0.2) is 0 Å². The van der Waals surface area contributed by atoms with Gasteiger partial charge in [-0.15, -0.1) is 0 Å². The number of hydrogen-bond donors (Lipinski definition) is 0. The molecule has 0 radical (unpaired) electrons. The fourth-order valence-corrected chi connectivity index (χ4v) is 1.34. The lowest BCUT2D eigenvalue weighted by atomic mass is 10.3. The van der Waals surface area contributed by atoms with E-state index in [9.17, 15) is 0 Å². The van der Waals surface area contributed by atoms with Gasteiger partial charge in [0, 0.05) is 10.4 Å². The van der Waals surface area contributed by atoms with Gasteiger partial charge in [0.05, 0.1) is 26.2 Å². The Hall–Kier alpha value is -0.170. The van der Waals surface area contributed by atoms with Crippen LogP contribution in [0.1, 0.15) is 27.7 Å². The van der Waals surface area contributed by atoms with E-state index in [1.807, 2.05) is 0 Å². The molecule has 6 heteroatoms. The molecule has 0 saturated heterocycles. The second-order valence-corrected chi connectivity index (χ2v) is 3.83. The van der Waals surface area contributed by atoms with Crippen LogP contribution in [-0.2, 0) is 10.4 Å².